The van der Waals surface area contributed by atoms with Gasteiger partial charge in [-0.15, -0.1) is 0 Å². The highest BCUT2D eigenvalue weighted by Gasteiger charge is 2.39. The number of fused-ring (bicyclic) bond motifs is 1. The van der Waals surface area contributed by atoms with Gasteiger partial charge in [-0.05, 0) is 66.3 Å². The molecular formula is C18H26ClNO. The number of aliphatic hydroxyl groups excluding tert-OH is 1. The van der Waals surface area contributed by atoms with Crippen LogP contribution in [-0.4, -0.2) is 18.3 Å². The van der Waals surface area contributed by atoms with Crippen LogP contribution >= 0.6 is 11.6 Å². The Labute approximate surface area is 132 Å². The molecule has 1 fully saturated rings. The van der Waals surface area contributed by atoms with Crippen molar-refractivity contribution in [3.63, 3.8) is 0 Å². The van der Waals surface area contributed by atoms with Gasteiger partial charge in [-0.25, -0.2) is 0 Å². The summed E-state index contributed by atoms with van der Waals surface area (Å²) in [5.41, 5.74) is 3.01. The van der Waals surface area contributed by atoms with E-state index in [4.69, 9.17) is 11.6 Å². The van der Waals surface area contributed by atoms with Crippen LogP contribution in [-0.2, 0) is 6.42 Å². The minimum Gasteiger partial charge on any atom is -0.396 e. The maximum atomic E-state index is 9.48. The van der Waals surface area contributed by atoms with Gasteiger partial charge in [0, 0.05) is 17.7 Å². The van der Waals surface area contributed by atoms with E-state index in [1.807, 2.05) is 6.07 Å². The minimum atomic E-state index is 0.223. The highest BCUT2D eigenvalue weighted by molar-refractivity contribution is 6.30. The van der Waals surface area contributed by atoms with Gasteiger partial charge in [-0.1, -0.05) is 37.9 Å². The Morgan fingerprint density at radius 1 is 1.29 bits per heavy atom. The lowest BCUT2D eigenvalue weighted by atomic mass is 9.84. The van der Waals surface area contributed by atoms with Gasteiger partial charge in [0.15, 0.2) is 0 Å². The fourth-order valence-electron chi connectivity index (χ4n) is 4.29. The summed E-state index contributed by atoms with van der Waals surface area (Å²) in [6.07, 6.45) is 4.78. The predicted octanol–water partition coefficient (Wildman–Crippen LogP) is 3.96. The first-order valence-electron chi connectivity index (χ1n) is 8.14. The largest absolute Gasteiger partial charge is 0.396 e. The Bertz CT molecular complexity index is 514. The number of rotatable bonds is 4. The smallest absolute Gasteiger partial charge is 0.0462 e. The lowest BCUT2D eigenvalue weighted by Crippen LogP contribution is -2.35. The van der Waals surface area contributed by atoms with Crippen LogP contribution in [0.3, 0.4) is 0 Å². The molecule has 0 radical (unpaired) electrons. The molecule has 0 aliphatic heterocycles. The van der Waals surface area contributed by atoms with Gasteiger partial charge in [0.2, 0.25) is 0 Å². The molecule has 3 rings (SSSR count). The van der Waals surface area contributed by atoms with Crippen molar-refractivity contribution in [1.82, 2.24) is 5.32 Å². The third-order valence-electron chi connectivity index (χ3n) is 5.48. The molecule has 116 valence electrons. The molecule has 21 heavy (non-hydrogen) atoms. The summed E-state index contributed by atoms with van der Waals surface area (Å²) in [5.74, 6) is 1.11. The molecule has 0 spiro atoms. The lowest BCUT2D eigenvalue weighted by Gasteiger charge is -2.31. The van der Waals surface area contributed by atoms with Crippen molar-refractivity contribution in [2.75, 3.05) is 13.2 Å². The average Bonchev–Trinajstić information content (AvgIpc) is 2.97. The number of nitrogens with one attached hydrogen (secondary N) is 1. The number of halogens is 1. The van der Waals surface area contributed by atoms with E-state index in [0.717, 1.165) is 18.0 Å². The molecule has 3 heteroatoms. The molecule has 1 aromatic carbocycles. The zero-order valence-corrected chi connectivity index (χ0v) is 13.8. The van der Waals surface area contributed by atoms with Gasteiger partial charge in [0.25, 0.3) is 0 Å². The van der Waals surface area contributed by atoms with Crippen LogP contribution in [0.25, 0.3) is 0 Å². The zero-order valence-electron chi connectivity index (χ0n) is 13.0. The Hall–Kier alpha value is -0.570. The summed E-state index contributed by atoms with van der Waals surface area (Å²) < 4.78 is 0. The third kappa shape index (κ3) is 2.99. The van der Waals surface area contributed by atoms with E-state index < -0.39 is 0 Å². The quantitative estimate of drug-likeness (QED) is 0.882. The number of hydrogen-bond donors (Lipinski definition) is 2. The summed E-state index contributed by atoms with van der Waals surface area (Å²) in [6.45, 7) is 6.00. The zero-order chi connectivity index (χ0) is 15.0. The van der Waals surface area contributed by atoms with Crippen LogP contribution < -0.4 is 5.32 Å². The highest BCUT2D eigenvalue weighted by atomic mass is 35.5. The van der Waals surface area contributed by atoms with Gasteiger partial charge in [-0.3, -0.25) is 0 Å². The molecule has 3 atom stereocenters. The fraction of sp³-hybridized carbons (Fsp3) is 0.667. The Kier molecular flexibility index (Phi) is 4.31. The van der Waals surface area contributed by atoms with Gasteiger partial charge >= 0.3 is 0 Å². The maximum Gasteiger partial charge on any atom is 0.0462 e. The Morgan fingerprint density at radius 3 is 2.81 bits per heavy atom. The van der Waals surface area contributed by atoms with Crippen LogP contribution in [0.4, 0.5) is 0 Å². The topological polar surface area (TPSA) is 32.3 Å². The van der Waals surface area contributed by atoms with Crippen LogP contribution in [0.2, 0.25) is 5.02 Å². The molecule has 0 aromatic heterocycles. The lowest BCUT2D eigenvalue weighted by molar-refractivity contribution is 0.181. The fourth-order valence-corrected chi connectivity index (χ4v) is 4.47. The molecule has 2 N–H and O–H groups in total. The second-order valence-electron chi connectivity index (χ2n) is 7.48. The summed E-state index contributed by atoms with van der Waals surface area (Å²) in [6, 6.07) is 6.66. The third-order valence-corrected chi connectivity index (χ3v) is 5.72. The first-order valence-corrected chi connectivity index (χ1v) is 8.51. The molecule has 2 nitrogen and oxygen atoms in total. The van der Waals surface area contributed by atoms with E-state index in [0.29, 0.717) is 24.5 Å². The molecule has 0 saturated heterocycles. The highest BCUT2D eigenvalue weighted by Crippen LogP contribution is 2.46. The van der Waals surface area contributed by atoms with Crippen LogP contribution in [0.1, 0.15) is 50.3 Å². The van der Waals surface area contributed by atoms with Crippen LogP contribution in [0, 0.1) is 17.3 Å². The van der Waals surface area contributed by atoms with Gasteiger partial charge in [-0.2, -0.15) is 0 Å². The van der Waals surface area contributed by atoms with Crippen molar-refractivity contribution in [1.29, 1.82) is 0 Å². The monoisotopic (exact) mass is 307 g/mol. The van der Waals surface area contributed by atoms with E-state index in [-0.39, 0.29) is 5.41 Å². The van der Waals surface area contributed by atoms with E-state index in [1.165, 1.54) is 30.4 Å². The Morgan fingerprint density at radius 2 is 2.05 bits per heavy atom. The van der Waals surface area contributed by atoms with Gasteiger partial charge < -0.3 is 10.4 Å². The van der Waals surface area contributed by atoms with Crippen molar-refractivity contribution < 1.29 is 5.11 Å². The first-order chi connectivity index (χ1) is 10.0. The van der Waals surface area contributed by atoms with Crippen LogP contribution in [0.5, 0.6) is 0 Å². The summed E-state index contributed by atoms with van der Waals surface area (Å²) in [7, 11) is 0. The van der Waals surface area contributed by atoms with Crippen molar-refractivity contribution in [3.05, 3.63) is 34.3 Å². The number of aliphatic hydroxyl groups is 1. The molecule has 1 saturated carbocycles. The predicted molar refractivity (Wildman–Crippen MR) is 87.6 cm³/mol. The molecule has 0 bridgehead atoms. The van der Waals surface area contributed by atoms with Crippen molar-refractivity contribution in [2.45, 2.75) is 45.6 Å². The molecule has 0 heterocycles. The molecular weight excluding hydrogens is 282 g/mol. The molecule has 3 unspecified atom stereocenters. The summed E-state index contributed by atoms with van der Waals surface area (Å²) in [4.78, 5) is 0. The van der Waals surface area contributed by atoms with Crippen molar-refractivity contribution in [2.24, 2.45) is 17.3 Å². The maximum absolute atomic E-state index is 9.48. The van der Waals surface area contributed by atoms with E-state index in [1.54, 1.807) is 0 Å². The number of hydrogen-bond acceptors (Lipinski definition) is 2. The van der Waals surface area contributed by atoms with E-state index >= 15 is 0 Å². The summed E-state index contributed by atoms with van der Waals surface area (Å²) >= 11 is 6.19. The van der Waals surface area contributed by atoms with E-state index in [9.17, 15) is 5.11 Å². The SMILES string of the molecule is CC1(C)Cc2ccc(Cl)cc2C1NCC1CCCC1CO. The molecule has 1 aromatic rings. The average molecular weight is 308 g/mol. The van der Waals surface area contributed by atoms with Crippen molar-refractivity contribution in [3.8, 4) is 0 Å². The Balaban J connectivity index is 1.74. The van der Waals surface area contributed by atoms with Gasteiger partial charge in [0.05, 0.1) is 0 Å². The van der Waals surface area contributed by atoms with Crippen molar-refractivity contribution >= 4 is 11.6 Å². The normalized spacial score (nSPS) is 30.6. The van der Waals surface area contributed by atoms with Crippen LogP contribution in [0.15, 0.2) is 18.2 Å². The summed E-state index contributed by atoms with van der Waals surface area (Å²) in [5, 5.41) is 14.1. The van der Waals surface area contributed by atoms with Gasteiger partial charge in [0.1, 0.15) is 0 Å². The first kappa shape index (κ1) is 15.3. The molecule has 2 aliphatic carbocycles. The number of benzene rings is 1. The second-order valence-corrected chi connectivity index (χ2v) is 7.92. The van der Waals surface area contributed by atoms with E-state index in [2.05, 4.69) is 31.3 Å². The minimum absolute atomic E-state index is 0.223. The molecule has 2 aliphatic rings. The molecule has 0 amide bonds. The second kappa shape index (κ2) is 5.91. The standard InChI is InChI=1S/C18H26ClNO/c1-18(2)9-12-6-7-15(19)8-16(12)17(18)20-10-13-4-3-5-14(13)11-21/h6-8,13-14,17,20-21H,3-5,9-11H2,1-2H3.